The van der Waals surface area contributed by atoms with Gasteiger partial charge >= 0.3 is 0 Å². The number of carbonyl (C=O) groups excluding carboxylic acids is 3. The van der Waals surface area contributed by atoms with E-state index in [0.29, 0.717) is 34.1 Å². The van der Waals surface area contributed by atoms with E-state index in [1.54, 1.807) is 24.1 Å². The molecule has 1 saturated carbocycles. The van der Waals surface area contributed by atoms with E-state index in [4.69, 9.17) is 11.6 Å². The van der Waals surface area contributed by atoms with E-state index in [9.17, 15) is 18.8 Å². The van der Waals surface area contributed by atoms with Gasteiger partial charge in [-0.1, -0.05) is 23.7 Å². The second-order valence-electron chi connectivity index (χ2n) is 8.96. The fourth-order valence-electron chi connectivity index (χ4n) is 4.74. The number of fused-ring (bicyclic) bond motifs is 2. The number of thiazole rings is 1. The fourth-order valence-corrected chi connectivity index (χ4v) is 5.85. The number of nitrogens with zero attached hydrogens (tertiary/aromatic N) is 3. The number of amides is 3. The molecule has 1 aliphatic carbocycles. The first-order valence-electron chi connectivity index (χ1n) is 11.4. The number of hydrogen-bond acceptors (Lipinski definition) is 6. The Hall–Kier alpha value is -2.56. The van der Waals surface area contributed by atoms with Crippen molar-refractivity contribution < 1.29 is 18.8 Å². The minimum atomic E-state index is -0.975. The normalized spacial score (nSPS) is 21.0. The molecule has 2 aromatic rings. The van der Waals surface area contributed by atoms with E-state index in [1.165, 1.54) is 17.4 Å². The predicted molar refractivity (Wildman–Crippen MR) is 124 cm³/mol. The van der Waals surface area contributed by atoms with Gasteiger partial charge in [0.05, 0.1) is 10.9 Å². The van der Waals surface area contributed by atoms with Crippen molar-refractivity contribution in [1.82, 2.24) is 25.6 Å². The summed E-state index contributed by atoms with van der Waals surface area (Å²) in [5.74, 6) is -1.73. The highest BCUT2D eigenvalue weighted by molar-refractivity contribution is 7.14. The minimum absolute atomic E-state index is 0.120. The van der Waals surface area contributed by atoms with Crippen molar-refractivity contribution in [2.45, 2.75) is 38.8 Å². The standard InChI is InChI=1S/C23H25ClFN5O3S/c1-12-27-20(24)19(34-12)22(32)26-10-15(13-6-7-13)21(31)28-18-14-4-2-5-17(25)16(14)11-29-8-3-9-30(29)23(18)33/h2,4-5,13,15,18H,3,6-11H2,1H3,(H,26,32)(H,28,31)/t15?,18-/m0/s1. The van der Waals surface area contributed by atoms with E-state index in [1.807, 2.05) is 5.01 Å². The third-order valence-electron chi connectivity index (χ3n) is 6.63. The Labute approximate surface area is 205 Å². The Kier molecular flexibility index (Phi) is 6.30. The van der Waals surface area contributed by atoms with Crippen LogP contribution in [0.3, 0.4) is 0 Å². The van der Waals surface area contributed by atoms with E-state index in [0.717, 1.165) is 19.3 Å². The molecule has 1 aromatic heterocycles. The summed E-state index contributed by atoms with van der Waals surface area (Å²) in [6.07, 6.45) is 2.54. The smallest absolute Gasteiger partial charge is 0.264 e. The van der Waals surface area contributed by atoms with Crippen LogP contribution < -0.4 is 10.6 Å². The number of aromatic nitrogens is 1. The van der Waals surface area contributed by atoms with Gasteiger partial charge in [-0.3, -0.25) is 19.4 Å². The molecule has 5 rings (SSSR count). The van der Waals surface area contributed by atoms with Crippen LogP contribution >= 0.6 is 22.9 Å². The largest absolute Gasteiger partial charge is 0.350 e. The predicted octanol–water partition coefficient (Wildman–Crippen LogP) is 2.82. The van der Waals surface area contributed by atoms with Crippen LogP contribution in [-0.4, -0.2) is 52.4 Å². The molecule has 1 aromatic carbocycles. The molecule has 3 heterocycles. The molecule has 2 N–H and O–H groups in total. The second kappa shape index (κ2) is 9.24. The molecule has 180 valence electrons. The van der Waals surface area contributed by atoms with Crippen molar-refractivity contribution in [1.29, 1.82) is 0 Å². The van der Waals surface area contributed by atoms with Crippen LogP contribution in [0.1, 0.15) is 51.1 Å². The number of hydrazine groups is 1. The topological polar surface area (TPSA) is 94.6 Å². The summed E-state index contributed by atoms with van der Waals surface area (Å²) < 4.78 is 14.7. The Balaban J connectivity index is 1.35. The average molecular weight is 506 g/mol. The number of rotatable bonds is 6. The first kappa shape index (κ1) is 23.2. The van der Waals surface area contributed by atoms with Gasteiger partial charge in [0.2, 0.25) is 5.91 Å². The highest BCUT2D eigenvalue weighted by Crippen LogP contribution is 2.38. The van der Waals surface area contributed by atoms with Crippen molar-refractivity contribution in [2.75, 3.05) is 19.6 Å². The molecule has 34 heavy (non-hydrogen) atoms. The van der Waals surface area contributed by atoms with Crippen LogP contribution in [0.15, 0.2) is 18.2 Å². The van der Waals surface area contributed by atoms with Gasteiger partial charge in [0, 0.05) is 31.7 Å². The molecule has 2 fully saturated rings. The summed E-state index contributed by atoms with van der Waals surface area (Å²) in [5, 5.41) is 9.98. The molecule has 0 spiro atoms. The van der Waals surface area contributed by atoms with Crippen LogP contribution in [-0.2, 0) is 16.1 Å². The molecule has 0 bridgehead atoms. The number of halogens is 2. The lowest BCUT2D eigenvalue weighted by atomic mass is 9.97. The molecule has 11 heteroatoms. The van der Waals surface area contributed by atoms with Gasteiger partial charge in [0.15, 0.2) is 5.15 Å². The van der Waals surface area contributed by atoms with Crippen molar-refractivity contribution >= 4 is 40.7 Å². The van der Waals surface area contributed by atoms with Crippen LogP contribution in [0.25, 0.3) is 0 Å². The van der Waals surface area contributed by atoms with Gasteiger partial charge in [-0.25, -0.2) is 14.4 Å². The quantitative estimate of drug-likeness (QED) is 0.629. The average Bonchev–Trinajstić information content (AvgIpc) is 3.45. The first-order chi connectivity index (χ1) is 16.3. The van der Waals surface area contributed by atoms with E-state index >= 15 is 0 Å². The van der Waals surface area contributed by atoms with Crippen LogP contribution in [0.5, 0.6) is 0 Å². The maximum atomic E-state index is 14.7. The molecule has 2 aliphatic heterocycles. The summed E-state index contributed by atoms with van der Waals surface area (Å²) in [6, 6.07) is 3.66. The maximum Gasteiger partial charge on any atom is 0.264 e. The van der Waals surface area contributed by atoms with Gasteiger partial charge in [0.25, 0.3) is 11.8 Å². The molecule has 0 radical (unpaired) electrons. The summed E-state index contributed by atoms with van der Waals surface area (Å²) in [7, 11) is 0. The molecular formula is C23H25ClFN5O3S. The molecule has 8 nitrogen and oxygen atoms in total. The summed E-state index contributed by atoms with van der Waals surface area (Å²) in [5.41, 5.74) is 0.912. The zero-order valence-electron chi connectivity index (χ0n) is 18.6. The van der Waals surface area contributed by atoms with E-state index < -0.39 is 12.0 Å². The second-order valence-corrected chi connectivity index (χ2v) is 10.5. The zero-order valence-corrected chi connectivity index (χ0v) is 20.2. The van der Waals surface area contributed by atoms with Crippen molar-refractivity contribution in [3.05, 3.63) is 50.2 Å². The van der Waals surface area contributed by atoms with Crippen molar-refractivity contribution in [3.63, 3.8) is 0 Å². The molecular weight excluding hydrogens is 481 g/mol. The summed E-state index contributed by atoms with van der Waals surface area (Å²) >= 11 is 7.23. The zero-order chi connectivity index (χ0) is 24.0. The molecule has 1 unspecified atom stereocenters. The third-order valence-corrected chi connectivity index (χ3v) is 7.99. The number of benzene rings is 1. The van der Waals surface area contributed by atoms with Crippen molar-refractivity contribution in [3.8, 4) is 0 Å². The van der Waals surface area contributed by atoms with Gasteiger partial charge in [-0.05, 0) is 43.7 Å². The molecule has 3 aliphatic rings. The summed E-state index contributed by atoms with van der Waals surface area (Å²) in [4.78, 5) is 43.7. The number of carbonyl (C=O) groups is 3. The highest BCUT2D eigenvalue weighted by Gasteiger charge is 2.42. The molecule has 3 amide bonds. The lowest BCUT2D eigenvalue weighted by Gasteiger charge is -2.28. The first-order valence-corrected chi connectivity index (χ1v) is 12.6. The third kappa shape index (κ3) is 4.42. The Bertz CT molecular complexity index is 1150. The van der Waals surface area contributed by atoms with Crippen LogP contribution in [0, 0.1) is 24.6 Å². The van der Waals surface area contributed by atoms with Gasteiger partial charge < -0.3 is 10.6 Å². The Morgan fingerprint density at radius 1 is 1.32 bits per heavy atom. The Morgan fingerprint density at radius 2 is 2.12 bits per heavy atom. The van der Waals surface area contributed by atoms with Gasteiger partial charge in [0.1, 0.15) is 16.7 Å². The molecule has 2 atom stereocenters. The lowest BCUT2D eigenvalue weighted by Crippen LogP contribution is -2.48. The lowest BCUT2D eigenvalue weighted by molar-refractivity contribution is -0.148. The number of nitrogens with one attached hydrogen (secondary N) is 2. The van der Waals surface area contributed by atoms with Crippen LogP contribution in [0.4, 0.5) is 4.39 Å². The van der Waals surface area contributed by atoms with Crippen LogP contribution in [0.2, 0.25) is 5.15 Å². The molecule has 1 saturated heterocycles. The maximum absolute atomic E-state index is 14.7. The number of aryl methyl sites for hydroxylation is 1. The monoisotopic (exact) mass is 505 g/mol. The van der Waals surface area contributed by atoms with E-state index in [2.05, 4.69) is 15.6 Å². The van der Waals surface area contributed by atoms with E-state index in [-0.39, 0.29) is 47.7 Å². The highest BCUT2D eigenvalue weighted by atomic mass is 35.5. The number of hydrogen-bond donors (Lipinski definition) is 2. The van der Waals surface area contributed by atoms with Crippen molar-refractivity contribution in [2.24, 2.45) is 11.8 Å². The SMILES string of the molecule is Cc1nc(Cl)c(C(=O)NCC(C(=O)N[C@@H]2C(=O)N3CCCN3Cc3c(F)cccc32)C2CC2)s1. The Morgan fingerprint density at radius 3 is 2.82 bits per heavy atom. The fraction of sp³-hybridized carbons (Fsp3) is 0.478. The minimum Gasteiger partial charge on any atom is -0.350 e. The van der Waals surface area contributed by atoms with Gasteiger partial charge in [-0.2, -0.15) is 0 Å². The van der Waals surface area contributed by atoms with Gasteiger partial charge in [-0.15, -0.1) is 11.3 Å². The summed E-state index contributed by atoms with van der Waals surface area (Å²) in [6.45, 7) is 3.38.